The van der Waals surface area contributed by atoms with Crippen molar-refractivity contribution >= 4 is 11.9 Å². The number of hydrogen-bond donors (Lipinski definition) is 1. The molecule has 1 unspecified atom stereocenters. The highest BCUT2D eigenvalue weighted by molar-refractivity contribution is 5.94. The summed E-state index contributed by atoms with van der Waals surface area (Å²) in [5, 5.41) is 2.78. The number of hydrogen-bond acceptors (Lipinski definition) is 6. The van der Waals surface area contributed by atoms with Gasteiger partial charge in [0.1, 0.15) is 11.3 Å². The van der Waals surface area contributed by atoms with E-state index in [-0.39, 0.29) is 25.0 Å². The predicted molar refractivity (Wildman–Crippen MR) is 92.4 cm³/mol. The number of rotatable bonds is 6. The van der Waals surface area contributed by atoms with Crippen LogP contribution in [0.2, 0.25) is 0 Å². The zero-order valence-corrected chi connectivity index (χ0v) is 14.5. The maximum atomic E-state index is 12.1. The maximum Gasteiger partial charge on any atom is 0.342 e. The van der Waals surface area contributed by atoms with Crippen molar-refractivity contribution in [3.8, 4) is 17.2 Å². The monoisotopic (exact) mass is 357 g/mol. The van der Waals surface area contributed by atoms with Crippen LogP contribution in [0.25, 0.3) is 0 Å². The van der Waals surface area contributed by atoms with E-state index in [0.29, 0.717) is 17.2 Å². The van der Waals surface area contributed by atoms with Crippen LogP contribution >= 0.6 is 0 Å². The Hall–Kier alpha value is -3.22. The number of carbonyl (C=O) groups excluding carboxylic acids is 2. The molecule has 0 fully saturated rings. The topological polar surface area (TPSA) is 83.1 Å². The third-order valence-electron chi connectivity index (χ3n) is 3.94. The average molecular weight is 357 g/mol. The SMILES string of the molecule is COc1ccccc1C(=O)OCC(=O)NC(C)c1ccc2c(c1)OCO2. The van der Waals surface area contributed by atoms with E-state index in [0.717, 1.165) is 5.56 Å². The van der Waals surface area contributed by atoms with E-state index < -0.39 is 11.9 Å². The van der Waals surface area contributed by atoms with Crippen LogP contribution < -0.4 is 19.5 Å². The molecule has 0 spiro atoms. The largest absolute Gasteiger partial charge is 0.496 e. The first-order valence-electron chi connectivity index (χ1n) is 8.07. The molecule has 0 radical (unpaired) electrons. The van der Waals surface area contributed by atoms with Gasteiger partial charge in [0.2, 0.25) is 6.79 Å². The van der Waals surface area contributed by atoms with Gasteiger partial charge in [-0.2, -0.15) is 0 Å². The molecule has 3 rings (SSSR count). The molecule has 136 valence electrons. The molecular weight excluding hydrogens is 338 g/mol. The highest BCUT2D eigenvalue weighted by Crippen LogP contribution is 2.34. The number of methoxy groups -OCH3 is 1. The van der Waals surface area contributed by atoms with Crippen molar-refractivity contribution in [1.82, 2.24) is 5.32 Å². The number of carbonyl (C=O) groups is 2. The quantitative estimate of drug-likeness (QED) is 0.800. The van der Waals surface area contributed by atoms with Crippen LogP contribution in [0.4, 0.5) is 0 Å². The molecule has 1 heterocycles. The molecule has 0 bridgehead atoms. The fourth-order valence-corrected chi connectivity index (χ4v) is 2.57. The fraction of sp³-hybridized carbons (Fsp3) is 0.263. The Balaban J connectivity index is 1.54. The van der Waals surface area contributed by atoms with Crippen molar-refractivity contribution in [2.75, 3.05) is 20.5 Å². The van der Waals surface area contributed by atoms with E-state index in [1.807, 2.05) is 19.1 Å². The lowest BCUT2D eigenvalue weighted by Gasteiger charge is -2.15. The van der Waals surface area contributed by atoms with Crippen LogP contribution in [0.1, 0.15) is 28.9 Å². The van der Waals surface area contributed by atoms with Crippen molar-refractivity contribution in [1.29, 1.82) is 0 Å². The minimum Gasteiger partial charge on any atom is -0.496 e. The van der Waals surface area contributed by atoms with E-state index in [4.69, 9.17) is 18.9 Å². The summed E-state index contributed by atoms with van der Waals surface area (Å²) in [5.74, 6) is 0.697. The molecule has 26 heavy (non-hydrogen) atoms. The molecule has 0 aromatic heterocycles. The molecule has 2 aromatic carbocycles. The van der Waals surface area contributed by atoms with Crippen molar-refractivity contribution < 1.29 is 28.5 Å². The van der Waals surface area contributed by atoms with Crippen molar-refractivity contribution in [2.24, 2.45) is 0 Å². The number of esters is 1. The van der Waals surface area contributed by atoms with Gasteiger partial charge in [0.25, 0.3) is 5.91 Å². The normalized spacial score (nSPS) is 13.0. The van der Waals surface area contributed by atoms with Crippen LogP contribution in [0.5, 0.6) is 17.2 Å². The van der Waals surface area contributed by atoms with E-state index in [2.05, 4.69) is 5.32 Å². The Bertz CT molecular complexity index is 819. The van der Waals surface area contributed by atoms with Crippen molar-refractivity contribution in [3.05, 3.63) is 53.6 Å². The molecule has 0 aliphatic carbocycles. The molecule has 1 aliphatic heterocycles. The van der Waals surface area contributed by atoms with Gasteiger partial charge >= 0.3 is 5.97 Å². The Kier molecular flexibility index (Phi) is 5.26. The van der Waals surface area contributed by atoms with Crippen molar-refractivity contribution in [3.63, 3.8) is 0 Å². The fourth-order valence-electron chi connectivity index (χ4n) is 2.57. The second kappa shape index (κ2) is 7.77. The number of para-hydroxylation sites is 1. The summed E-state index contributed by atoms with van der Waals surface area (Å²) < 4.78 is 20.8. The van der Waals surface area contributed by atoms with E-state index in [1.165, 1.54) is 7.11 Å². The summed E-state index contributed by atoms with van der Waals surface area (Å²) in [6.45, 7) is 1.64. The first-order valence-corrected chi connectivity index (χ1v) is 8.07. The number of amides is 1. The molecule has 7 heteroatoms. The lowest BCUT2D eigenvalue weighted by atomic mass is 10.1. The predicted octanol–water partition coefficient (Wildman–Crippen LogP) is 2.46. The molecule has 0 saturated heterocycles. The van der Waals surface area contributed by atoms with Gasteiger partial charge < -0.3 is 24.3 Å². The molecule has 1 atom stereocenters. The third-order valence-corrected chi connectivity index (χ3v) is 3.94. The van der Waals surface area contributed by atoms with Crippen LogP contribution in [0, 0.1) is 0 Å². The molecule has 7 nitrogen and oxygen atoms in total. The number of nitrogens with one attached hydrogen (secondary N) is 1. The highest BCUT2D eigenvalue weighted by Gasteiger charge is 2.18. The lowest BCUT2D eigenvalue weighted by Crippen LogP contribution is -2.31. The van der Waals surface area contributed by atoms with Gasteiger partial charge in [-0.3, -0.25) is 4.79 Å². The minimum absolute atomic E-state index is 0.193. The highest BCUT2D eigenvalue weighted by atomic mass is 16.7. The van der Waals surface area contributed by atoms with Crippen LogP contribution in [-0.2, 0) is 9.53 Å². The second-order valence-electron chi connectivity index (χ2n) is 5.68. The lowest BCUT2D eigenvalue weighted by molar-refractivity contribution is -0.124. The Labute approximate surface area is 150 Å². The third kappa shape index (κ3) is 3.88. The first-order chi connectivity index (χ1) is 12.6. The van der Waals surface area contributed by atoms with Gasteiger partial charge in [-0.15, -0.1) is 0 Å². The van der Waals surface area contributed by atoms with Crippen LogP contribution in [0.3, 0.4) is 0 Å². The van der Waals surface area contributed by atoms with Crippen LogP contribution in [0.15, 0.2) is 42.5 Å². The summed E-state index contributed by atoms with van der Waals surface area (Å²) in [6, 6.07) is 11.8. The van der Waals surface area contributed by atoms with Gasteiger partial charge in [-0.05, 0) is 36.8 Å². The summed E-state index contributed by atoms with van der Waals surface area (Å²) in [4.78, 5) is 24.2. The second-order valence-corrected chi connectivity index (χ2v) is 5.68. The average Bonchev–Trinajstić information content (AvgIpc) is 3.13. The molecule has 2 aromatic rings. The summed E-state index contributed by atoms with van der Waals surface area (Å²) in [6.07, 6.45) is 0. The zero-order valence-electron chi connectivity index (χ0n) is 14.5. The number of fused-ring (bicyclic) bond motifs is 1. The molecule has 1 N–H and O–H groups in total. The van der Waals surface area contributed by atoms with Crippen LogP contribution in [-0.4, -0.2) is 32.4 Å². The number of benzene rings is 2. The summed E-state index contributed by atoms with van der Waals surface area (Å²) >= 11 is 0. The molecule has 1 aliphatic rings. The Morgan fingerprint density at radius 2 is 1.92 bits per heavy atom. The zero-order chi connectivity index (χ0) is 18.5. The summed E-state index contributed by atoms with van der Waals surface area (Å²) in [7, 11) is 1.46. The van der Waals surface area contributed by atoms with Crippen molar-refractivity contribution in [2.45, 2.75) is 13.0 Å². The first kappa shape index (κ1) is 17.6. The van der Waals surface area contributed by atoms with E-state index >= 15 is 0 Å². The standard InChI is InChI=1S/C19H19NO6/c1-12(13-7-8-16-17(9-13)26-11-25-16)20-18(21)10-24-19(22)14-5-3-4-6-15(14)23-2/h3-9,12H,10-11H2,1-2H3,(H,20,21). The Morgan fingerprint density at radius 1 is 1.15 bits per heavy atom. The van der Waals surface area contributed by atoms with Gasteiger partial charge in [-0.25, -0.2) is 4.79 Å². The summed E-state index contributed by atoms with van der Waals surface area (Å²) in [5.41, 5.74) is 1.13. The smallest absolute Gasteiger partial charge is 0.342 e. The minimum atomic E-state index is -0.617. The number of ether oxygens (including phenoxy) is 4. The van der Waals surface area contributed by atoms with E-state index in [9.17, 15) is 9.59 Å². The maximum absolute atomic E-state index is 12.1. The van der Waals surface area contributed by atoms with Gasteiger partial charge in [-0.1, -0.05) is 18.2 Å². The molecular formula is C19H19NO6. The van der Waals surface area contributed by atoms with Gasteiger partial charge in [0, 0.05) is 0 Å². The Morgan fingerprint density at radius 3 is 2.73 bits per heavy atom. The van der Waals surface area contributed by atoms with Gasteiger partial charge in [0.05, 0.1) is 13.2 Å². The molecule has 0 saturated carbocycles. The van der Waals surface area contributed by atoms with Gasteiger partial charge in [0.15, 0.2) is 18.1 Å². The van der Waals surface area contributed by atoms with E-state index in [1.54, 1.807) is 30.3 Å². The molecule has 1 amide bonds.